The number of hydrogen-bond donors (Lipinski definition) is 1. The van der Waals surface area contributed by atoms with Gasteiger partial charge in [-0.3, -0.25) is 4.57 Å². The second kappa shape index (κ2) is 8.56. The van der Waals surface area contributed by atoms with Gasteiger partial charge in [0.1, 0.15) is 28.7 Å². The van der Waals surface area contributed by atoms with E-state index in [0.717, 1.165) is 11.6 Å². The highest BCUT2D eigenvalue weighted by Gasteiger charge is 2.48. The van der Waals surface area contributed by atoms with Crippen LogP contribution in [0.3, 0.4) is 0 Å². The number of hydrogen-bond acceptors (Lipinski definition) is 7. The van der Waals surface area contributed by atoms with Crippen molar-refractivity contribution in [3.05, 3.63) is 14.8 Å². The van der Waals surface area contributed by atoms with Gasteiger partial charge in [0.2, 0.25) is 0 Å². The number of aliphatic hydroxyl groups excluding tert-OH is 1. The van der Waals surface area contributed by atoms with Crippen LogP contribution >= 0.6 is 34.2 Å². The number of rotatable bonds is 7. The zero-order valence-electron chi connectivity index (χ0n) is 16.6. The van der Waals surface area contributed by atoms with Gasteiger partial charge in [-0.2, -0.15) is 4.98 Å². The smallest absolute Gasteiger partial charge is 0.301 e. The average molecular weight is 554 g/mol. The molecule has 0 radical (unpaired) electrons. The summed E-state index contributed by atoms with van der Waals surface area (Å²) in [5.74, 6) is 0. The Labute approximate surface area is 189 Å². The molecule has 11 heteroatoms. The first kappa shape index (κ1) is 21.7. The molecule has 0 spiro atoms. The number of aromatic nitrogens is 3. The van der Waals surface area contributed by atoms with Gasteiger partial charge in [-0.1, -0.05) is 31.2 Å². The van der Waals surface area contributed by atoms with Crippen molar-refractivity contribution in [2.45, 2.75) is 56.8 Å². The maximum Gasteiger partial charge on any atom is 0.301 e. The van der Waals surface area contributed by atoms with Gasteiger partial charge < -0.3 is 24.1 Å². The van der Waals surface area contributed by atoms with Gasteiger partial charge in [0.15, 0.2) is 11.8 Å². The maximum absolute atomic E-state index is 9.95. The van der Waals surface area contributed by atoms with Gasteiger partial charge in [-0.25, -0.2) is 4.98 Å². The summed E-state index contributed by atoms with van der Waals surface area (Å²) >= 11 is 8.38. The van der Waals surface area contributed by atoms with Crippen LogP contribution < -0.4 is 4.74 Å². The van der Waals surface area contributed by atoms with Crippen molar-refractivity contribution in [3.8, 4) is 6.01 Å². The van der Waals surface area contributed by atoms with Crippen LogP contribution in [-0.4, -0.2) is 72.0 Å². The van der Waals surface area contributed by atoms with E-state index in [1.165, 1.54) is 0 Å². The number of halogens is 2. The van der Waals surface area contributed by atoms with Crippen molar-refractivity contribution >= 4 is 53.4 Å². The molecule has 2 saturated heterocycles. The average Bonchev–Trinajstić information content (AvgIpc) is 3.29. The van der Waals surface area contributed by atoms with Gasteiger partial charge in [0.25, 0.3) is 0 Å². The molecule has 2 aliphatic heterocycles. The van der Waals surface area contributed by atoms with Crippen LogP contribution in [0.25, 0.3) is 11.2 Å². The van der Waals surface area contributed by atoms with Crippen molar-refractivity contribution in [2.24, 2.45) is 0 Å². The lowest BCUT2D eigenvalue weighted by atomic mass is 10.1. The maximum atomic E-state index is 9.95. The fourth-order valence-corrected chi connectivity index (χ4v) is 4.70. The molecule has 2 fully saturated rings. The molecule has 0 aromatic carbocycles. The third-order valence-corrected chi connectivity index (χ3v) is 8.21. The van der Waals surface area contributed by atoms with Crippen LogP contribution in [0.5, 0.6) is 6.01 Å². The Morgan fingerprint density at radius 3 is 2.79 bits per heavy atom. The normalized spacial score (nSPS) is 27.0. The summed E-state index contributed by atoms with van der Waals surface area (Å²) in [4.78, 5) is 9.03. The van der Waals surface area contributed by atoms with E-state index in [2.05, 4.69) is 52.2 Å². The second-order valence-corrected chi connectivity index (χ2v) is 15.6. The molecular formula is C18H25ClIN3O5Si. The van der Waals surface area contributed by atoms with Crippen molar-refractivity contribution in [1.29, 1.82) is 0 Å². The summed E-state index contributed by atoms with van der Waals surface area (Å²) in [7, 11) is -1.19. The molecule has 0 bridgehead atoms. The van der Waals surface area contributed by atoms with E-state index in [9.17, 15) is 5.11 Å². The molecule has 29 heavy (non-hydrogen) atoms. The molecule has 8 nitrogen and oxygen atoms in total. The predicted molar refractivity (Wildman–Crippen MR) is 119 cm³/mol. The topological polar surface area (TPSA) is 87.9 Å². The van der Waals surface area contributed by atoms with E-state index in [4.69, 9.17) is 30.5 Å². The highest BCUT2D eigenvalue weighted by Crippen LogP contribution is 2.32. The molecule has 4 rings (SSSR count). The van der Waals surface area contributed by atoms with Crippen LogP contribution in [0.2, 0.25) is 30.7 Å². The highest BCUT2D eigenvalue weighted by molar-refractivity contribution is 14.1. The summed E-state index contributed by atoms with van der Waals surface area (Å²) in [5, 5.41) is 10.5. The van der Waals surface area contributed by atoms with Crippen molar-refractivity contribution < 1.29 is 24.1 Å². The molecule has 160 valence electrons. The minimum Gasteiger partial charge on any atom is -0.456 e. The van der Waals surface area contributed by atoms with Gasteiger partial charge in [0.05, 0.1) is 23.8 Å². The zero-order chi connectivity index (χ0) is 20.8. The van der Waals surface area contributed by atoms with Gasteiger partial charge in [-0.05, 0) is 34.7 Å². The van der Waals surface area contributed by atoms with E-state index in [1.54, 1.807) is 0 Å². The molecule has 2 aliphatic rings. The quantitative estimate of drug-likeness (QED) is 0.244. The van der Waals surface area contributed by atoms with Gasteiger partial charge in [0, 0.05) is 14.7 Å². The minimum atomic E-state index is -1.19. The van der Waals surface area contributed by atoms with Crippen LogP contribution in [0.1, 0.15) is 0 Å². The van der Waals surface area contributed by atoms with E-state index in [0.29, 0.717) is 40.3 Å². The Kier molecular flexibility index (Phi) is 6.41. The molecule has 2 aromatic heterocycles. The highest BCUT2D eigenvalue weighted by atomic mass is 127. The molecule has 4 heterocycles. The molecule has 1 N–H and O–H groups in total. The number of fused-ring (bicyclic) bond motifs is 2. The first-order valence-corrected chi connectivity index (χ1v) is 14.8. The van der Waals surface area contributed by atoms with Crippen molar-refractivity contribution in [1.82, 2.24) is 14.5 Å². The first-order chi connectivity index (χ1) is 13.7. The summed E-state index contributed by atoms with van der Waals surface area (Å²) in [6, 6.07) is 3.29. The second-order valence-electron chi connectivity index (χ2n) is 8.59. The molecule has 4 atom stereocenters. The fourth-order valence-electron chi connectivity index (χ4n) is 3.41. The first-order valence-electron chi connectivity index (χ1n) is 9.61. The SMILES string of the molecule is C[Si](C)(C)CCOCn1c(OC2COC3C(O)COC23)nc2nc(I)c(Cl)cc21. The minimum absolute atomic E-state index is 0.251. The molecule has 4 unspecified atom stereocenters. The number of imidazole rings is 1. The lowest BCUT2D eigenvalue weighted by Crippen LogP contribution is -2.35. The monoisotopic (exact) mass is 553 g/mol. The Bertz CT molecular complexity index is 892. The third-order valence-electron chi connectivity index (χ3n) is 5.07. The molecule has 0 amide bonds. The Balaban J connectivity index is 1.57. The summed E-state index contributed by atoms with van der Waals surface area (Å²) in [6.45, 7) is 8.49. The number of pyridine rings is 1. The Morgan fingerprint density at radius 2 is 2.03 bits per heavy atom. The number of ether oxygens (including phenoxy) is 4. The van der Waals surface area contributed by atoms with E-state index in [-0.39, 0.29) is 24.9 Å². The molecular weight excluding hydrogens is 529 g/mol. The van der Waals surface area contributed by atoms with E-state index >= 15 is 0 Å². The summed E-state index contributed by atoms with van der Waals surface area (Å²) in [5.41, 5.74) is 1.30. The van der Waals surface area contributed by atoms with Gasteiger partial charge >= 0.3 is 6.01 Å². The lowest BCUT2D eigenvalue weighted by molar-refractivity contribution is 0.00339. The fraction of sp³-hybridized carbons (Fsp3) is 0.667. The van der Waals surface area contributed by atoms with Gasteiger partial charge in [-0.15, -0.1) is 0 Å². The standard InChI is InChI=1S/C18H25ClIN3O5Si/c1-29(2,3)5-4-25-9-23-11-6-10(19)16(20)21-17(11)22-18(23)28-13-8-27-14-12(24)7-26-15(13)14/h6,12-15,24H,4-5,7-9H2,1-3H3. The molecule has 2 aromatic rings. The third kappa shape index (κ3) is 4.73. The van der Waals surface area contributed by atoms with Crippen LogP contribution in [0.15, 0.2) is 6.07 Å². The summed E-state index contributed by atoms with van der Waals surface area (Å²) in [6.07, 6.45) is -1.66. The number of nitrogens with zero attached hydrogens (tertiary/aromatic N) is 3. The van der Waals surface area contributed by atoms with Crippen molar-refractivity contribution in [2.75, 3.05) is 19.8 Å². The number of aliphatic hydroxyl groups is 1. The Morgan fingerprint density at radius 1 is 1.28 bits per heavy atom. The zero-order valence-corrected chi connectivity index (χ0v) is 20.5. The molecule has 0 aliphatic carbocycles. The van der Waals surface area contributed by atoms with E-state index < -0.39 is 14.2 Å². The van der Waals surface area contributed by atoms with Crippen LogP contribution in [0.4, 0.5) is 0 Å². The molecule has 0 saturated carbocycles. The van der Waals surface area contributed by atoms with Crippen LogP contribution in [-0.2, 0) is 20.9 Å². The summed E-state index contributed by atoms with van der Waals surface area (Å²) < 4.78 is 26.0. The van der Waals surface area contributed by atoms with E-state index in [1.807, 2.05) is 10.6 Å². The van der Waals surface area contributed by atoms with Crippen LogP contribution in [0, 0.1) is 3.70 Å². The Hall–Kier alpha value is -0.503. The lowest BCUT2D eigenvalue weighted by Gasteiger charge is -2.19. The largest absolute Gasteiger partial charge is 0.456 e. The van der Waals surface area contributed by atoms with Crippen molar-refractivity contribution in [3.63, 3.8) is 0 Å². The predicted octanol–water partition coefficient (Wildman–Crippen LogP) is 2.91.